The highest BCUT2D eigenvalue weighted by molar-refractivity contribution is 6.02. The lowest BCUT2D eigenvalue weighted by atomic mass is 9.89. The van der Waals surface area contributed by atoms with Crippen LogP contribution in [0.4, 0.5) is 11.4 Å². The molecule has 2 aliphatic rings. The monoisotopic (exact) mass is 645 g/mol. The first-order chi connectivity index (χ1) is 22.5. The maximum absolute atomic E-state index is 14.1. The van der Waals surface area contributed by atoms with Crippen molar-refractivity contribution in [3.8, 4) is 16.9 Å². The van der Waals surface area contributed by atoms with Gasteiger partial charge >= 0.3 is 0 Å². The Bertz CT molecular complexity index is 1600. The van der Waals surface area contributed by atoms with E-state index in [-0.39, 0.29) is 18.4 Å². The van der Waals surface area contributed by atoms with Gasteiger partial charge in [0.2, 0.25) is 11.8 Å². The lowest BCUT2D eigenvalue weighted by Crippen LogP contribution is -2.47. The summed E-state index contributed by atoms with van der Waals surface area (Å²) in [5.41, 5.74) is 9.70. The minimum atomic E-state index is -0.977. The van der Waals surface area contributed by atoms with Crippen molar-refractivity contribution in [2.45, 2.75) is 50.6 Å². The summed E-state index contributed by atoms with van der Waals surface area (Å²) in [7, 11) is 5.31. The number of nitrogens with two attached hydrogens (primary N) is 1. The number of anilines is 2. The van der Waals surface area contributed by atoms with Crippen molar-refractivity contribution in [2.75, 3.05) is 44.6 Å². The second-order valence-electron chi connectivity index (χ2n) is 12.2. The molecule has 5 rings (SSSR count). The first kappa shape index (κ1) is 33.9. The van der Waals surface area contributed by atoms with E-state index in [0.717, 1.165) is 5.69 Å². The molecule has 0 unspecified atom stereocenters. The number of hydrogen-bond donors (Lipinski definition) is 4. The van der Waals surface area contributed by atoms with Gasteiger partial charge in [0.25, 0.3) is 5.91 Å². The molecule has 12 nitrogen and oxygen atoms in total. The number of benzene rings is 3. The molecule has 2 aliphatic heterocycles. The summed E-state index contributed by atoms with van der Waals surface area (Å²) >= 11 is 0. The lowest BCUT2D eigenvalue weighted by Gasteiger charge is -2.26. The number of nitrogens with one attached hydrogen (secondary N) is 1. The largest absolute Gasteiger partial charge is 0.496 e. The number of ether oxygens (including phenoxy) is 1. The quantitative estimate of drug-likeness (QED) is 0.246. The number of amides is 3. The van der Waals surface area contributed by atoms with E-state index in [1.807, 2.05) is 79.7 Å². The molecule has 0 spiro atoms. The van der Waals surface area contributed by atoms with E-state index < -0.39 is 42.7 Å². The zero-order valence-electron chi connectivity index (χ0n) is 27.1. The molecular formula is C35H43N5O7. The summed E-state index contributed by atoms with van der Waals surface area (Å²) in [6.07, 6.45) is -0.478. The molecule has 2 heterocycles. The summed E-state index contributed by atoms with van der Waals surface area (Å²) in [6, 6.07) is 18.7. The normalized spacial score (nSPS) is 21.8. The smallest absolute Gasteiger partial charge is 0.254 e. The minimum absolute atomic E-state index is 0.0789. The molecule has 2 fully saturated rings. The second-order valence-corrected chi connectivity index (χ2v) is 12.2. The fourth-order valence-corrected chi connectivity index (χ4v) is 6.59. The summed E-state index contributed by atoms with van der Waals surface area (Å²) in [5, 5.41) is 24.6. The van der Waals surface area contributed by atoms with Gasteiger partial charge in [-0.15, -0.1) is 0 Å². The standard InChI is InChI=1S/C35H43N5O7/c1-21(42)30-29(20-41)47-40(31(30)33(36)43)19-22-10-8-13-27(32(22)46-4)23-16-24(18-26(17-23)38(2)3)35(45)39-15-9-14-28(39)34(44)37-25-11-6-5-7-12-25/h5-8,10-13,16-18,21,28-31,41-42H,9,14-15,19-20H2,1-4H3,(H2,36,43)(H,37,44)/t21-,28-,29-,30+,31-/m0/s1. The second kappa shape index (κ2) is 14.5. The minimum Gasteiger partial charge on any atom is -0.496 e. The van der Waals surface area contributed by atoms with Crippen LogP contribution >= 0.6 is 0 Å². The predicted octanol–water partition coefficient (Wildman–Crippen LogP) is 2.63. The van der Waals surface area contributed by atoms with Crippen molar-refractivity contribution >= 4 is 29.1 Å². The molecule has 5 N–H and O–H groups in total. The Morgan fingerprint density at radius 3 is 2.49 bits per heavy atom. The molecule has 3 aromatic rings. The Labute approximate surface area is 274 Å². The zero-order valence-corrected chi connectivity index (χ0v) is 27.1. The number of aliphatic hydroxyl groups is 2. The van der Waals surface area contributed by atoms with Gasteiger partial charge in [-0.1, -0.05) is 36.4 Å². The topological polar surface area (TPSA) is 158 Å². The van der Waals surface area contributed by atoms with E-state index in [0.29, 0.717) is 53.1 Å². The molecule has 0 aliphatic carbocycles. The molecule has 0 saturated carbocycles. The van der Waals surface area contributed by atoms with E-state index in [9.17, 15) is 24.6 Å². The summed E-state index contributed by atoms with van der Waals surface area (Å²) in [6.45, 7) is 1.68. The number of hydrogen-bond acceptors (Lipinski definition) is 9. The molecule has 47 heavy (non-hydrogen) atoms. The highest BCUT2D eigenvalue weighted by Gasteiger charge is 2.48. The number of methoxy groups -OCH3 is 1. The van der Waals surface area contributed by atoms with Crippen molar-refractivity contribution in [3.05, 3.63) is 77.9 Å². The maximum atomic E-state index is 14.1. The van der Waals surface area contributed by atoms with Gasteiger partial charge in [0.05, 0.1) is 26.4 Å². The van der Waals surface area contributed by atoms with Gasteiger partial charge in [-0.05, 0) is 55.7 Å². The fourth-order valence-electron chi connectivity index (χ4n) is 6.59. The summed E-state index contributed by atoms with van der Waals surface area (Å²) in [5.74, 6) is -1.37. The van der Waals surface area contributed by atoms with Crippen LogP contribution in [0.15, 0.2) is 66.7 Å². The molecular weight excluding hydrogens is 602 g/mol. The van der Waals surface area contributed by atoms with E-state index in [4.69, 9.17) is 15.3 Å². The van der Waals surface area contributed by atoms with Gasteiger partial charge in [-0.3, -0.25) is 19.2 Å². The van der Waals surface area contributed by atoms with Crippen LogP contribution in [0, 0.1) is 5.92 Å². The molecule has 3 amide bonds. The average molecular weight is 646 g/mol. The van der Waals surface area contributed by atoms with Gasteiger partial charge in [0, 0.05) is 54.6 Å². The third-order valence-electron chi connectivity index (χ3n) is 8.88. The van der Waals surface area contributed by atoms with Crippen LogP contribution in [0.25, 0.3) is 11.1 Å². The predicted molar refractivity (Wildman–Crippen MR) is 178 cm³/mol. The van der Waals surface area contributed by atoms with Crippen molar-refractivity contribution < 1.29 is 34.2 Å². The first-order valence-electron chi connectivity index (χ1n) is 15.7. The number of para-hydroxylation sites is 2. The Hall–Kier alpha value is -4.49. The van der Waals surface area contributed by atoms with Gasteiger partial charge in [0.1, 0.15) is 23.9 Å². The number of nitrogens with zero attached hydrogens (tertiary/aromatic N) is 3. The number of aliphatic hydroxyl groups excluding tert-OH is 2. The Balaban J connectivity index is 1.47. The molecule has 250 valence electrons. The van der Waals surface area contributed by atoms with Crippen molar-refractivity contribution in [2.24, 2.45) is 11.7 Å². The molecule has 0 radical (unpaired) electrons. The van der Waals surface area contributed by atoms with Crippen molar-refractivity contribution in [3.63, 3.8) is 0 Å². The molecule has 0 aromatic heterocycles. The van der Waals surface area contributed by atoms with Gasteiger partial charge in [-0.2, -0.15) is 5.06 Å². The van der Waals surface area contributed by atoms with E-state index in [1.54, 1.807) is 11.0 Å². The third-order valence-corrected chi connectivity index (χ3v) is 8.88. The van der Waals surface area contributed by atoms with Gasteiger partial charge in [-0.25, -0.2) is 0 Å². The SMILES string of the molecule is COc1c(CN2O[C@@H](CO)[C@@H]([C@H](C)O)[C@H]2C(N)=O)cccc1-c1cc(C(=O)N2CCC[C@H]2C(=O)Nc2ccccc2)cc(N(C)C)c1. The van der Waals surface area contributed by atoms with Crippen LogP contribution in [-0.2, 0) is 21.0 Å². The lowest BCUT2D eigenvalue weighted by molar-refractivity contribution is -0.181. The number of carbonyl (C=O) groups excluding carboxylic acids is 3. The van der Waals surface area contributed by atoms with Crippen LogP contribution in [-0.4, -0.2) is 96.5 Å². The Morgan fingerprint density at radius 1 is 1.11 bits per heavy atom. The summed E-state index contributed by atoms with van der Waals surface area (Å²) in [4.78, 5) is 49.3. The molecule has 12 heteroatoms. The number of primary amides is 1. The third kappa shape index (κ3) is 7.10. The number of rotatable bonds is 11. The van der Waals surface area contributed by atoms with Crippen LogP contribution in [0.5, 0.6) is 5.75 Å². The fraction of sp³-hybridized carbons (Fsp3) is 0.400. The van der Waals surface area contributed by atoms with E-state index >= 15 is 0 Å². The Kier molecular flexibility index (Phi) is 10.5. The first-order valence-corrected chi connectivity index (χ1v) is 15.7. The van der Waals surface area contributed by atoms with E-state index in [2.05, 4.69) is 5.32 Å². The van der Waals surface area contributed by atoms with E-state index in [1.165, 1.54) is 19.1 Å². The number of carbonyl (C=O) groups is 3. The van der Waals surface area contributed by atoms with Crippen LogP contribution in [0.1, 0.15) is 35.7 Å². The summed E-state index contributed by atoms with van der Waals surface area (Å²) < 4.78 is 5.91. The maximum Gasteiger partial charge on any atom is 0.254 e. The molecule has 2 saturated heterocycles. The molecule has 0 bridgehead atoms. The molecule has 5 atom stereocenters. The van der Waals surface area contributed by atoms with Crippen molar-refractivity contribution in [1.82, 2.24) is 9.96 Å². The Morgan fingerprint density at radius 2 is 1.85 bits per heavy atom. The highest BCUT2D eigenvalue weighted by Crippen LogP contribution is 2.39. The van der Waals surface area contributed by atoms with Crippen LogP contribution in [0.3, 0.4) is 0 Å². The average Bonchev–Trinajstić information content (AvgIpc) is 3.70. The van der Waals surface area contributed by atoms with Crippen LogP contribution in [0.2, 0.25) is 0 Å². The van der Waals surface area contributed by atoms with Gasteiger partial charge in [0.15, 0.2) is 0 Å². The molecule has 3 aromatic carbocycles. The highest BCUT2D eigenvalue weighted by atomic mass is 16.7. The van der Waals surface area contributed by atoms with Crippen LogP contribution < -0.4 is 20.7 Å². The van der Waals surface area contributed by atoms with Gasteiger partial charge < -0.3 is 35.8 Å². The number of hydroxylamine groups is 2. The van der Waals surface area contributed by atoms with Crippen molar-refractivity contribution in [1.29, 1.82) is 0 Å². The number of likely N-dealkylation sites (tertiary alicyclic amines) is 1. The zero-order chi connectivity index (χ0) is 33.8.